The highest BCUT2D eigenvalue weighted by atomic mass is 35.6. The van der Waals surface area contributed by atoms with Crippen LogP contribution in [0.5, 0.6) is 5.75 Å². The van der Waals surface area contributed by atoms with E-state index in [1.807, 2.05) is 0 Å². The van der Waals surface area contributed by atoms with Crippen LogP contribution in [0.4, 0.5) is 4.79 Å². The molecule has 0 spiro atoms. The second-order valence-corrected chi connectivity index (χ2v) is 6.21. The second-order valence-electron chi connectivity index (χ2n) is 3.70. The van der Waals surface area contributed by atoms with Gasteiger partial charge in [0, 0.05) is 5.56 Å². The van der Waals surface area contributed by atoms with Gasteiger partial charge in [-0.1, -0.05) is 34.8 Å². The predicted molar refractivity (Wildman–Crippen MR) is 77.0 cm³/mol. The molecule has 20 heavy (non-hydrogen) atoms. The smallest absolute Gasteiger partial charge is 0.407 e. The molecule has 0 unspecified atom stereocenters. The molecule has 0 radical (unpaired) electrons. The van der Waals surface area contributed by atoms with Gasteiger partial charge < -0.3 is 14.8 Å². The molecule has 1 N–H and O–H groups in total. The number of rotatable bonds is 5. The number of Topliss-reactive ketones (excluding diaryl/α,β-unsaturated/α-hetero) is 1. The fourth-order valence-electron chi connectivity index (χ4n) is 1.23. The van der Waals surface area contributed by atoms with E-state index >= 15 is 0 Å². The van der Waals surface area contributed by atoms with Gasteiger partial charge in [0.15, 0.2) is 5.78 Å². The maximum atomic E-state index is 11.8. The van der Waals surface area contributed by atoms with Crippen molar-refractivity contribution in [2.24, 2.45) is 0 Å². The van der Waals surface area contributed by atoms with Crippen LogP contribution in [0.1, 0.15) is 10.4 Å². The molecule has 0 aromatic heterocycles. The molecule has 5 nitrogen and oxygen atoms in total. The van der Waals surface area contributed by atoms with Crippen LogP contribution in [0.15, 0.2) is 24.3 Å². The number of methoxy groups -OCH3 is 1. The summed E-state index contributed by atoms with van der Waals surface area (Å²) in [5, 5.41) is 2.26. The Hall–Kier alpha value is -1.17. The molecule has 0 saturated heterocycles. The fraction of sp³-hybridized carbons (Fsp3) is 0.333. The Bertz CT molecular complexity index is 471. The zero-order chi connectivity index (χ0) is 15.2. The van der Waals surface area contributed by atoms with E-state index in [1.54, 1.807) is 24.3 Å². The number of hydrogen-bond donors (Lipinski definition) is 1. The first-order valence-electron chi connectivity index (χ1n) is 5.46. The van der Waals surface area contributed by atoms with Gasteiger partial charge in [-0.05, 0) is 24.3 Å². The monoisotopic (exact) mass is 339 g/mol. The van der Waals surface area contributed by atoms with E-state index in [-0.39, 0.29) is 12.3 Å². The number of amides is 1. The average Bonchev–Trinajstić information content (AvgIpc) is 2.41. The van der Waals surface area contributed by atoms with Crippen LogP contribution < -0.4 is 10.1 Å². The first kappa shape index (κ1) is 16.9. The van der Waals surface area contributed by atoms with Crippen LogP contribution in [0, 0.1) is 0 Å². The Morgan fingerprint density at radius 1 is 1.20 bits per heavy atom. The van der Waals surface area contributed by atoms with Crippen molar-refractivity contribution in [1.82, 2.24) is 5.32 Å². The number of benzene rings is 1. The molecule has 0 aliphatic heterocycles. The zero-order valence-corrected chi connectivity index (χ0v) is 12.8. The van der Waals surface area contributed by atoms with Gasteiger partial charge in [-0.25, -0.2) is 4.79 Å². The Morgan fingerprint density at radius 2 is 1.80 bits per heavy atom. The molecule has 1 rings (SSSR count). The third-order valence-electron chi connectivity index (χ3n) is 2.17. The van der Waals surface area contributed by atoms with Crippen molar-refractivity contribution in [3.05, 3.63) is 29.8 Å². The topological polar surface area (TPSA) is 64.6 Å². The highest BCUT2D eigenvalue weighted by Gasteiger charge is 2.22. The number of ether oxygens (including phenoxy) is 2. The van der Waals surface area contributed by atoms with Gasteiger partial charge in [0.05, 0.1) is 13.7 Å². The van der Waals surface area contributed by atoms with E-state index in [1.165, 1.54) is 7.11 Å². The van der Waals surface area contributed by atoms with Crippen LogP contribution in [0.3, 0.4) is 0 Å². The van der Waals surface area contributed by atoms with Crippen molar-refractivity contribution in [3.63, 3.8) is 0 Å². The quantitative estimate of drug-likeness (QED) is 0.661. The lowest BCUT2D eigenvalue weighted by molar-refractivity contribution is 0.0978. The van der Waals surface area contributed by atoms with Crippen LogP contribution in [0.25, 0.3) is 0 Å². The molecule has 1 amide bonds. The van der Waals surface area contributed by atoms with E-state index in [0.29, 0.717) is 11.3 Å². The lowest BCUT2D eigenvalue weighted by Gasteiger charge is -2.11. The Morgan fingerprint density at radius 3 is 2.30 bits per heavy atom. The van der Waals surface area contributed by atoms with Crippen molar-refractivity contribution < 1.29 is 19.1 Å². The fourth-order valence-corrected chi connectivity index (χ4v) is 1.39. The molecule has 1 aromatic rings. The molecule has 1 aromatic carbocycles. The van der Waals surface area contributed by atoms with Crippen molar-refractivity contribution in [2.75, 3.05) is 20.3 Å². The molecule has 0 aliphatic rings. The normalized spacial score (nSPS) is 10.8. The summed E-state index contributed by atoms with van der Waals surface area (Å²) in [6.45, 7) is -0.620. The van der Waals surface area contributed by atoms with Crippen molar-refractivity contribution in [3.8, 4) is 5.75 Å². The molecule has 0 fully saturated rings. The molecule has 110 valence electrons. The summed E-state index contributed by atoms with van der Waals surface area (Å²) < 4.78 is 7.90. The summed E-state index contributed by atoms with van der Waals surface area (Å²) in [7, 11) is 1.53. The number of halogens is 3. The van der Waals surface area contributed by atoms with Gasteiger partial charge in [-0.15, -0.1) is 0 Å². The number of carbonyl (C=O) groups excluding carboxylic acids is 2. The molecular formula is C12H12Cl3NO4. The van der Waals surface area contributed by atoms with Crippen molar-refractivity contribution in [2.45, 2.75) is 3.79 Å². The highest BCUT2D eigenvalue weighted by Crippen LogP contribution is 2.25. The number of carbonyl (C=O) groups is 2. The number of alkyl halides is 3. The maximum absolute atomic E-state index is 11.8. The standard InChI is InChI=1S/C12H12Cl3NO4/c1-19-9-4-2-8(3-5-9)10(17)6-16-11(18)20-7-12(13,14)15/h2-5H,6-7H2,1H3,(H,16,18). The minimum atomic E-state index is -1.68. The lowest BCUT2D eigenvalue weighted by atomic mass is 10.1. The summed E-state index contributed by atoms with van der Waals surface area (Å²) >= 11 is 16.2. The van der Waals surface area contributed by atoms with Crippen LogP contribution >= 0.6 is 34.8 Å². The third-order valence-corrected chi connectivity index (χ3v) is 2.50. The predicted octanol–water partition coefficient (Wildman–Crippen LogP) is 2.97. The van der Waals surface area contributed by atoms with E-state index in [2.05, 4.69) is 10.1 Å². The molecular weight excluding hydrogens is 328 g/mol. The molecule has 0 atom stereocenters. The average molecular weight is 341 g/mol. The Kier molecular flexibility index (Phi) is 6.39. The molecule has 0 saturated carbocycles. The number of ketones is 1. The van der Waals surface area contributed by atoms with Gasteiger partial charge in [-0.2, -0.15) is 0 Å². The van der Waals surface area contributed by atoms with Gasteiger partial charge >= 0.3 is 6.09 Å². The summed E-state index contributed by atoms with van der Waals surface area (Å²) in [6.07, 6.45) is -0.835. The summed E-state index contributed by atoms with van der Waals surface area (Å²) in [5.41, 5.74) is 0.437. The SMILES string of the molecule is COc1ccc(C(=O)CNC(=O)OCC(Cl)(Cl)Cl)cc1. The largest absolute Gasteiger partial charge is 0.497 e. The van der Waals surface area contributed by atoms with E-state index in [9.17, 15) is 9.59 Å². The van der Waals surface area contributed by atoms with Crippen LogP contribution in [0.2, 0.25) is 0 Å². The van der Waals surface area contributed by atoms with Gasteiger partial charge in [0.25, 0.3) is 0 Å². The van der Waals surface area contributed by atoms with Crippen LogP contribution in [-0.4, -0.2) is 35.9 Å². The lowest BCUT2D eigenvalue weighted by Crippen LogP contribution is -2.32. The van der Waals surface area contributed by atoms with Gasteiger partial charge in [0.2, 0.25) is 3.79 Å². The molecule has 0 aliphatic carbocycles. The number of alkyl carbamates (subject to hydrolysis) is 1. The maximum Gasteiger partial charge on any atom is 0.407 e. The van der Waals surface area contributed by atoms with Gasteiger partial charge in [0.1, 0.15) is 12.4 Å². The minimum absolute atomic E-state index is 0.217. The number of hydrogen-bond acceptors (Lipinski definition) is 4. The summed E-state index contributed by atoms with van der Waals surface area (Å²) in [6, 6.07) is 6.48. The summed E-state index contributed by atoms with van der Waals surface area (Å²) in [5.74, 6) is 0.357. The molecule has 8 heteroatoms. The molecule has 0 bridgehead atoms. The van der Waals surface area contributed by atoms with Crippen molar-refractivity contribution >= 4 is 46.7 Å². The Labute approximate surface area is 131 Å². The zero-order valence-electron chi connectivity index (χ0n) is 10.5. The number of nitrogens with one attached hydrogen (secondary N) is 1. The van der Waals surface area contributed by atoms with Gasteiger partial charge in [-0.3, -0.25) is 4.79 Å². The van der Waals surface area contributed by atoms with E-state index in [4.69, 9.17) is 39.5 Å². The highest BCUT2D eigenvalue weighted by molar-refractivity contribution is 6.67. The summed E-state index contributed by atoms with van der Waals surface area (Å²) in [4.78, 5) is 23.0. The van der Waals surface area contributed by atoms with E-state index < -0.39 is 16.5 Å². The third kappa shape index (κ3) is 6.32. The molecule has 0 heterocycles. The van der Waals surface area contributed by atoms with E-state index in [0.717, 1.165) is 0 Å². The van der Waals surface area contributed by atoms with Crippen LogP contribution in [-0.2, 0) is 4.74 Å². The second kappa shape index (κ2) is 7.57. The first-order valence-corrected chi connectivity index (χ1v) is 6.60. The minimum Gasteiger partial charge on any atom is -0.497 e. The van der Waals surface area contributed by atoms with Crippen molar-refractivity contribution in [1.29, 1.82) is 0 Å². The Balaban J connectivity index is 2.40. The first-order chi connectivity index (χ1) is 9.31.